The lowest BCUT2D eigenvalue weighted by atomic mass is 9.76. The molecule has 0 fully saturated rings. The van der Waals surface area contributed by atoms with Crippen molar-refractivity contribution < 1.29 is 9.90 Å². The van der Waals surface area contributed by atoms with Crippen LogP contribution in [0.3, 0.4) is 0 Å². The van der Waals surface area contributed by atoms with Crippen LogP contribution in [0, 0.1) is 5.41 Å². The lowest BCUT2D eigenvalue weighted by molar-refractivity contribution is -0.117. The Labute approximate surface area is 112 Å². The fourth-order valence-corrected chi connectivity index (χ4v) is 2.37. The molecule has 0 saturated carbocycles. The SMILES string of the molecule is CC(=Nc1ccncc1)C1=C(O)CC(C)(C)CC1=O. The molecule has 1 aromatic rings. The standard InChI is InChI=1S/C15H18N2O2/c1-10(17-11-4-6-16-7-5-11)14-12(18)8-15(2,3)9-13(14)19/h4-7,18H,8-9H2,1-3H3. The summed E-state index contributed by atoms with van der Waals surface area (Å²) in [4.78, 5) is 20.4. The molecule has 0 aliphatic heterocycles. The molecular weight excluding hydrogens is 240 g/mol. The predicted octanol–water partition coefficient (Wildman–Crippen LogP) is 3.38. The minimum absolute atomic E-state index is 0.0379. The number of rotatable bonds is 2. The monoisotopic (exact) mass is 258 g/mol. The number of hydrogen-bond acceptors (Lipinski definition) is 4. The minimum Gasteiger partial charge on any atom is -0.511 e. The third-order valence-corrected chi connectivity index (χ3v) is 3.17. The van der Waals surface area contributed by atoms with Gasteiger partial charge in [0.1, 0.15) is 5.76 Å². The van der Waals surface area contributed by atoms with Crippen LogP contribution in [0.25, 0.3) is 0 Å². The van der Waals surface area contributed by atoms with Crippen molar-refractivity contribution in [3.8, 4) is 0 Å². The van der Waals surface area contributed by atoms with E-state index in [2.05, 4.69) is 9.98 Å². The zero-order valence-electron chi connectivity index (χ0n) is 11.5. The summed E-state index contributed by atoms with van der Waals surface area (Å²) in [7, 11) is 0. The van der Waals surface area contributed by atoms with E-state index in [0.717, 1.165) is 5.69 Å². The number of hydrogen-bond donors (Lipinski definition) is 1. The molecule has 0 radical (unpaired) electrons. The first kappa shape index (κ1) is 13.5. The molecule has 0 saturated heterocycles. The van der Waals surface area contributed by atoms with Crippen LogP contribution in [-0.2, 0) is 4.79 Å². The van der Waals surface area contributed by atoms with Crippen molar-refractivity contribution >= 4 is 17.2 Å². The summed E-state index contributed by atoms with van der Waals surface area (Å²) in [6.45, 7) is 5.71. The number of aliphatic hydroxyl groups is 1. The number of Topliss-reactive ketones (excluding diaryl/α,β-unsaturated/α-hetero) is 1. The van der Waals surface area contributed by atoms with Gasteiger partial charge in [-0.2, -0.15) is 0 Å². The van der Waals surface area contributed by atoms with Crippen LogP contribution in [0.4, 0.5) is 5.69 Å². The van der Waals surface area contributed by atoms with Crippen molar-refractivity contribution in [3.63, 3.8) is 0 Å². The maximum absolute atomic E-state index is 12.1. The predicted molar refractivity (Wildman–Crippen MR) is 74.7 cm³/mol. The smallest absolute Gasteiger partial charge is 0.168 e. The van der Waals surface area contributed by atoms with Crippen molar-refractivity contribution in [1.29, 1.82) is 0 Å². The van der Waals surface area contributed by atoms with Gasteiger partial charge in [-0.1, -0.05) is 13.8 Å². The quantitative estimate of drug-likeness (QED) is 0.827. The summed E-state index contributed by atoms with van der Waals surface area (Å²) in [5.41, 5.74) is 1.48. The zero-order chi connectivity index (χ0) is 14.0. The summed E-state index contributed by atoms with van der Waals surface area (Å²) >= 11 is 0. The van der Waals surface area contributed by atoms with Crippen molar-refractivity contribution in [1.82, 2.24) is 4.98 Å². The molecule has 0 aromatic carbocycles. The van der Waals surface area contributed by atoms with Crippen LogP contribution in [0.15, 0.2) is 40.9 Å². The van der Waals surface area contributed by atoms with E-state index in [4.69, 9.17) is 0 Å². The van der Waals surface area contributed by atoms with E-state index in [1.54, 1.807) is 31.5 Å². The third kappa shape index (κ3) is 3.08. The van der Waals surface area contributed by atoms with Gasteiger partial charge in [-0.15, -0.1) is 0 Å². The highest BCUT2D eigenvalue weighted by molar-refractivity contribution is 6.23. The van der Waals surface area contributed by atoms with Gasteiger partial charge in [-0.3, -0.25) is 14.8 Å². The molecule has 1 heterocycles. The molecule has 0 unspecified atom stereocenters. The highest BCUT2D eigenvalue weighted by atomic mass is 16.3. The van der Waals surface area contributed by atoms with Crippen molar-refractivity contribution in [2.24, 2.45) is 10.4 Å². The third-order valence-electron chi connectivity index (χ3n) is 3.17. The van der Waals surface area contributed by atoms with Crippen LogP contribution < -0.4 is 0 Å². The summed E-state index contributed by atoms with van der Waals surface area (Å²) in [6.07, 6.45) is 4.24. The lowest BCUT2D eigenvalue weighted by Gasteiger charge is -2.29. The van der Waals surface area contributed by atoms with Gasteiger partial charge < -0.3 is 5.11 Å². The Bertz CT molecular complexity index is 557. The number of allylic oxidation sites excluding steroid dienone is 2. The molecule has 1 N–H and O–H groups in total. The topological polar surface area (TPSA) is 62.6 Å². The Morgan fingerprint density at radius 2 is 1.95 bits per heavy atom. The van der Waals surface area contributed by atoms with Crippen molar-refractivity contribution in [2.75, 3.05) is 0 Å². The average molecular weight is 258 g/mol. The van der Waals surface area contributed by atoms with E-state index < -0.39 is 0 Å². The summed E-state index contributed by atoms with van der Waals surface area (Å²) in [5, 5.41) is 10.1. The van der Waals surface area contributed by atoms with Crippen LogP contribution >= 0.6 is 0 Å². The largest absolute Gasteiger partial charge is 0.511 e. The Kier molecular flexibility index (Phi) is 3.51. The number of carbonyl (C=O) groups is 1. The number of ketones is 1. The molecule has 0 spiro atoms. The second-order valence-electron chi connectivity index (χ2n) is 5.67. The number of aromatic nitrogens is 1. The summed E-state index contributed by atoms with van der Waals surface area (Å²) in [6, 6.07) is 3.52. The summed E-state index contributed by atoms with van der Waals surface area (Å²) in [5.74, 6) is 0.112. The molecule has 1 aliphatic rings. The Morgan fingerprint density at radius 1 is 1.32 bits per heavy atom. The Hall–Kier alpha value is -1.97. The Morgan fingerprint density at radius 3 is 2.53 bits per heavy atom. The zero-order valence-corrected chi connectivity index (χ0v) is 11.5. The lowest BCUT2D eigenvalue weighted by Crippen LogP contribution is -2.28. The second kappa shape index (κ2) is 4.96. The number of nitrogens with zero attached hydrogens (tertiary/aromatic N) is 2. The van der Waals surface area contributed by atoms with E-state index in [9.17, 15) is 9.90 Å². The second-order valence-corrected chi connectivity index (χ2v) is 5.67. The van der Waals surface area contributed by atoms with E-state index in [1.165, 1.54) is 0 Å². The van der Waals surface area contributed by atoms with Gasteiger partial charge in [0.15, 0.2) is 5.78 Å². The van der Waals surface area contributed by atoms with E-state index >= 15 is 0 Å². The first-order valence-corrected chi connectivity index (χ1v) is 6.30. The fraction of sp³-hybridized carbons (Fsp3) is 0.400. The van der Waals surface area contributed by atoms with Gasteiger partial charge in [0, 0.05) is 25.2 Å². The first-order valence-electron chi connectivity index (χ1n) is 6.30. The number of carbonyl (C=O) groups excluding carboxylic acids is 1. The number of aliphatic hydroxyl groups excluding tert-OH is 1. The molecule has 1 aliphatic carbocycles. The van der Waals surface area contributed by atoms with Crippen LogP contribution in [-0.4, -0.2) is 21.6 Å². The van der Waals surface area contributed by atoms with Gasteiger partial charge in [0.25, 0.3) is 0 Å². The molecular formula is C15H18N2O2. The van der Waals surface area contributed by atoms with Gasteiger partial charge in [0.05, 0.1) is 17.0 Å². The van der Waals surface area contributed by atoms with Gasteiger partial charge in [0.2, 0.25) is 0 Å². The molecule has 0 atom stereocenters. The highest BCUT2D eigenvalue weighted by Crippen LogP contribution is 2.36. The summed E-state index contributed by atoms with van der Waals surface area (Å²) < 4.78 is 0. The highest BCUT2D eigenvalue weighted by Gasteiger charge is 2.33. The van der Waals surface area contributed by atoms with Crippen LogP contribution in [0.5, 0.6) is 0 Å². The van der Waals surface area contributed by atoms with Crippen molar-refractivity contribution in [3.05, 3.63) is 35.9 Å². The molecule has 0 bridgehead atoms. The normalized spacial score (nSPS) is 19.7. The molecule has 100 valence electrons. The minimum atomic E-state index is -0.179. The number of pyridine rings is 1. The molecule has 4 nitrogen and oxygen atoms in total. The maximum atomic E-state index is 12.1. The first-order chi connectivity index (χ1) is 8.89. The maximum Gasteiger partial charge on any atom is 0.168 e. The molecule has 4 heteroatoms. The average Bonchev–Trinajstić information content (AvgIpc) is 2.27. The van der Waals surface area contributed by atoms with E-state index in [1.807, 2.05) is 13.8 Å². The van der Waals surface area contributed by atoms with Gasteiger partial charge in [-0.25, -0.2) is 0 Å². The van der Waals surface area contributed by atoms with E-state index in [0.29, 0.717) is 24.1 Å². The molecule has 0 amide bonds. The molecule has 2 rings (SSSR count). The van der Waals surface area contributed by atoms with Gasteiger partial charge in [-0.05, 0) is 24.5 Å². The van der Waals surface area contributed by atoms with Crippen molar-refractivity contribution in [2.45, 2.75) is 33.6 Å². The Balaban J connectivity index is 2.36. The van der Waals surface area contributed by atoms with Crippen LogP contribution in [0.2, 0.25) is 0 Å². The van der Waals surface area contributed by atoms with Gasteiger partial charge >= 0.3 is 0 Å². The molecule has 19 heavy (non-hydrogen) atoms. The molecule has 1 aromatic heterocycles. The van der Waals surface area contributed by atoms with E-state index in [-0.39, 0.29) is 17.0 Å². The van der Waals surface area contributed by atoms with Crippen LogP contribution in [0.1, 0.15) is 33.6 Å². The number of aliphatic imine (C=N–C) groups is 1. The fourth-order valence-electron chi connectivity index (χ4n) is 2.37.